The maximum absolute atomic E-state index is 12.3. The number of unbranched alkanes of at least 4 members (excludes halogenated alkanes) is 1. The van der Waals surface area contributed by atoms with Crippen molar-refractivity contribution in [3.8, 4) is 0 Å². The third-order valence-corrected chi connectivity index (χ3v) is 3.24. The minimum absolute atomic E-state index is 0.0138. The topological polar surface area (TPSA) is 43.1 Å². The lowest BCUT2D eigenvalue weighted by Crippen LogP contribution is -2.05. The fourth-order valence-electron chi connectivity index (χ4n) is 2.06. The number of nitrogens with two attached hydrogens (primary N) is 1. The Labute approximate surface area is 114 Å². The molecule has 0 unspecified atom stereocenters. The highest BCUT2D eigenvalue weighted by Crippen LogP contribution is 2.17. The lowest BCUT2D eigenvalue weighted by Gasteiger charge is -2.06. The molecule has 0 amide bonds. The molecule has 0 spiro atoms. The molecule has 2 N–H and O–H groups in total. The van der Waals surface area contributed by atoms with Gasteiger partial charge in [-0.2, -0.15) is 0 Å². The zero-order valence-corrected chi connectivity index (χ0v) is 11.2. The Morgan fingerprint density at radius 1 is 1.05 bits per heavy atom. The third-order valence-electron chi connectivity index (χ3n) is 3.24. The van der Waals surface area contributed by atoms with E-state index in [9.17, 15) is 4.79 Å². The van der Waals surface area contributed by atoms with Crippen molar-refractivity contribution in [1.82, 2.24) is 0 Å². The zero-order chi connectivity index (χ0) is 13.7. The second-order valence-electron chi connectivity index (χ2n) is 4.72. The van der Waals surface area contributed by atoms with E-state index in [1.54, 1.807) is 12.1 Å². The van der Waals surface area contributed by atoms with Crippen molar-refractivity contribution in [3.63, 3.8) is 0 Å². The average Bonchev–Trinajstić information content (AvgIpc) is 2.45. The first-order valence-electron chi connectivity index (χ1n) is 6.70. The number of para-hydroxylation sites is 1. The summed E-state index contributed by atoms with van der Waals surface area (Å²) in [5.74, 6) is -0.0138. The SMILES string of the molecule is CCCCc1ccc(C(=O)c2ccccc2N)cc1. The number of carbonyl (C=O) groups excluding carboxylic acids is 1. The number of hydrogen-bond donors (Lipinski definition) is 1. The molecular formula is C17H19NO. The fraction of sp³-hybridized carbons (Fsp3) is 0.235. The van der Waals surface area contributed by atoms with Crippen LogP contribution in [-0.4, -0.2) is 5.78 Å². The monoisotopic (exact) mass is 253 g/mol. The van der Waals surface area contributed by atoms with Gasteiger partial charge in [-0.1, -0.05) is 49.7 Å². The molecule has 0 saturated heterocycles. The Morgan fingerprint density at radius 2 is 1.74 bits per heavy atom. The molecule has 2 nitrogen and oxygen atoms in total. The molecule has 2 rings (SSSR count). The standard InChI is InChI=1S/C17H19NO/c1-2-3-6-13-9-11-14(12-10-13)17(19)15-7-4-5-8-16(15)18/h4-5,7-12H,2-3,6,18H2,1H3. The van der Waals surface area contributed by atoms with Gasteiger partial charge in [0.05, 0.1) is 0 Å². The molecule has 2 aromatic carbocycles. The highest BCUT2D eigenvalue weighted by atomic mass is 16.1. The van der Waals surface area contributed by atoms with Crippen LogP contribution in [0, 0.1) is 0 Å². The first-order chi connectivity index (χ1) is 9.22. The smallest absolute Gasteiger partial charge is 0.195 e. The molecule has 2 heteroatoms. The molecule has 0 bridgehead atoms. The Hall–Kier alpha value is -2.09. The van der Waals surface area contributed by atoms with Gasteiger partial charge in [0.2, 0.25) is 0 Å². The number of hydrogen-bond acceptors (Lipinski definition) is 2. The van der Waals surface area contributed by atoms with E-state index in [-0.39, 0.29) is 5.78 Å². The summed E-state index contributed by atoms with van der Waals surface area (Å²) in [6, 6.07) is 15.0. The summed E-state index contributed by atoms with van der Waals surface area (Å²) < 4.78 is 0. The second-order valence-corrected chi connectivity index (χ2v) is 4.72. The van der Waals surface area contributed by atoms with E-state index in [0.29, 0.717) is 16.8 Å². The summed E-state index contributed by atoms with van der Waals surface area (Å²) in [6.45, 7) is 2.18. The lowest BCUT2D eigenvalue weighted by molar-refractivity contribution is 0.103. The summed E-state index contributed by atoms with van der Waals surface area (Å²) in [4.78, 5) is 12.3. The van der Waals surface area contributed by atoms with Crippen LogP contribution in [0.15, 0.2) is 48.5 Å². The summed E-state index contributed by atoms with van der Waals surface area (Å²) in [6.07, 6.45) is 3.43. The summed E-state index contributed by atoms with van der Waals surface area (Å²) in [5.41, 5.74) is 8.91. The minimum Gasteiger partial charge on any atom is -0.398 e. The molecule has 0 radical (unpaired) electrons. The van der Waals surface area contributed by atoms with Crippen LogP contribution >= 0.6 is 0 Å². The van der Waals surface area contributed by atoms with Crippen molar-refractivity contribution < 1.29 is 4.79 Å². The summed E-state index contributed by atoms with van der Waals surface area (Å²) in [7, 11) is 0. The molecule has 0 aliphatic heterocycles. The van der Waals surface area contributed by atoms with Crippen LogP contribution in [0.25, 0.3) is 0 Å². The van der Waals surface area contributed by atoms with Crippen molar-refractivity contribution in [2.24, 2.45) is 0 Å². The molecule has 0 aromatic heterocycles. The van der Waals surface area contributed by atoms with Gasteiger partial charge in [0.15, 0.2) is 5.78 Å². The van der Waals surface area contributed by atoms with E-state index in [4.69, 9.17) is 5.73 Å². The molecule has 0 fully saturated rings. The highest BCUT2D eigenvalue weighted by molar-refractivity contribution is 6.12. The molecule has 0 aliphatic rings. The van der Waals surface area contributed by atoms with Gasteiger partial charge in [-0.3, -0.25) is 4.79 Å². The number of rotatable bonds is 5. The maximum atomic E-state index is 12.3. The quantitative estimate of drug-likeness (QED) is 0.650. The zero-order valence-electron chi connectivity index (χ0n) is 11.2. The number of aryl methyl sites for hydroxylation is 1. The van der Waals surface area contributed by atoms with Crippen LogP contribution in [0.3, 0.4) is 0 Å². The van der Waals surface area contributed by atoms with Gasteiger partial charge in [0.1, 0.15) is 0 Å². The van der Waals surface area contributed by atoms with Gasteiger partial charge < -0.3 is 5.73 Å². The Kier molecular flexibility index (Phi) is 4.35. The van der Waals surface area contributed by atoms with E-state index >= 15 is 0 Å². The van der Waals surface area contributed by atoms with Gasteiger partial charge >= 0.3 is 0 Å². The van der Waals surface area contributed by atoms with Crippen LogP contribution in [0.5, 0.6) is 0 Å². The van der Waals surface area contributed by atoms with Crippen molar-refractivity contribution in [2.45, 2.75) is 26.2 Å². The van der Waals surface area contributed by atoms with Crippen molar-refractivity contribution >= 4 is 11.5 Å². The molecule has 2 aromatic rings. The summed E-state index contributed by atoms with van der Waals surface area (Å²) in [5, 5.41) is 0. The van der Waals surface area contributed by atoms with Gasteiger partial charge in [-0.15, -0.1) is 0 Å². The van der Waals surface area contributed by atoms with E-state index in [1.165, 1.54) is 18.4 Å². The van der Waals surface area contributed by atoms with Crippen LogP contribution in [0.4, 0.5) is 5.69 Å². The minimum atomic E-state index is -0.0138. The Bertz CT molecular complexity index is 558. The first kappa shape index (κ1) is 13.3. The second kappa shape index (κ2) is 6.19. The van der Waals surface area contributed by atoms with Crippen LogP contribution in [0.1, 0.15) is 41.3 Å². The highest BCUT2D eigenvalue weighted by Gasteiger charge is 2.11. The first-order valence-corrected chi connectivity index (χ1v) is 6.70. The number of carbonyl (C=O) groups is 1. The van der Waals surface area contributed by atoms with Crippen molar-refractivity contribution in [1.29, 1.82) is 0 Å². The van der Waals surface area contributed by atoms with E-state index < -0.39 is 0 Å². The van der Waals surface area contributed by atoms with Crippen LogP contribution in [-0.2, 0) is 6.42 Å². The molecule has 19 heavy (non-hydrogen) atoms. The number of anilines is 1. The van der Waals surface area contributed by atoms with Crippen LogP contribution < -0.4 is 5.73 Å². The molecular weight excluding hydrogens is 234 g/mol. The van der Waals surface area contributed by atoms with Crippen molar-refractivity contribution in [2.75, 3.05) is 5.73 Å². The largest absolute Gasteiger partial charge is 0.398 e. The third kappa shape index (κ3) is 3.22. The normalized spacial score (nSPS) is 10.4. The van der Waals surface area contributed by atoms with Gasteiger partial charge in [0, 0.05) is 16.8 Å². The Balaban J connectivity index is 2.18. The Morgan fingerprint density at radius 3 is 2.37 bits per heavy atom. The van der Waals surface area contributed by atoms with E-state index in [0.717, 1.165) is 6.42 Å². The lowest BCUT2D eigenvalue weighted by atomic mass is 9.99. The maximum Gasteiger partial charge on any atom is 0.195 e. The average molecular weight is 253 g/mol. The predicted molar refractivity (Wildman–Crippen MR) is 79.3 cm³/mol. The van der Waals surface area contributed by atoms with E-state index in [1.807, 2.05) is 36.4 Å². The molecule has 0 atom stereocenters. The fourth-order valence-corrected chi connectivity index (χ4v) is 2.06. The molecule has 0 heterocycles. The van der Waals surface area contributed by atoms with Crippen LogP contribution in [0.2, 0.25) is 0 Å². The molecule has 0 saturated carbocycles. The molecule has 98 valence electrons. The van der Waals surface area contributed by atoms with E-state index in [2.05, 4.69) is 6.92 Å². The predicted octanol–water partition coefficient (Wildman–Crippen LogP) is 3.84. The number of nitrogen functional groups attached to an aromatic ring is 1. The van der Waals surface area contributed by atoms with Gasteiger partial charge in [-0.25, -0.2) is 0 Å². The summed E-state index contributed by atoms with van der Waals surface area (Å²) >= 11 is 0. The number of ketones is 1. The van der Waals surface area contributed by atoms with Crippen molar-refractivity contribution in [3.05, 3.63) is 65.2 Å². The number of benzene rings is 2. The van der Waals surface area contributed by atoms with Gasteiger partial charge in [0.25, 0.3) is 0 Å². The molecule has 0 aliphatic carbocycles. The van der Waals surface area contributed by atoms with Gasteiger partial charge in [-0.05, 0) is 30.5 Å².